The Morgan fingerprint density at radius 3 is 2.05 bits per heavy atom. The zero-order chi connectivity index (χ0) is 16.5. The SMILES string of the molecule is Nc1ccc(-c2ccccc2OC(F)(F)F)c(C(F)(F)F)c1. The van der Waals surface area contributed by atoms with Crippen molar-refractivity contribution in [1.82, 2.24) is 0 Å². The number of anilines is 1. The van der Waals surface area contributed by atoms with Crippen LogP contribution in [0.15, 0.2) is 42.5 Å². The Bertz CT molecular complexity index is 678. The molecule has 22 heavy (non-hydrogen) atoms. The molecule has 0 aliphatic heterocycles. The van der Waals surface area contributed by atoms with Gasteiger partial charge in [0.2, 0.25) is 0 Å². The van der Waals surface area contributed by atoms with Crippen LogP contribution < -0.4 is 10.5 Å². The van der Waals surface area contributed by atoms with E-state index in [0.717, 1.165) is 18.2 Å². The van der Waals surface area contributed by atoms with Crippen molar-refractivity contribution in [1.29, 1.82) is 0 Å². The van der Waals surface area contributed by atoms with Crippen LogP contribution in [-0.2, 0) is 6.18 Å². The summed E-state index contributed by atoms with van der Waals surface area (Å²) in [6.45, 7) is 0. The van der Waals surface area contributed by atoms with Crippen LogP contribution in [0.2, 0.25) is 0 Å². The van der Waals surface area contributed by atoms with Gasteiger partial charge in [0.15, 0.2) is 0 Å². The van der Waals surface area contributed by atoms with Crippen molar-refractivity contribution in [2.24, 2.45) is 0 Å². The smallest absolute Gasteiger partial charge is 0.405 e. The first-order chi connectivity index (χ1) is 10.1. The van der Waals surface area contributed by atoms with E-state index in [1.807, 2.05) is 0 Å². The zero-order valence-electron chi connectivity index (χ0n) is 10.8. The molecule has 0 unspecified atom stereocenters. The Labute approximate surface area is 121 Å². The van der Waals surface area contributed by atoms with Crippen LogP contribution in [0.5, 0.6) is 5.75 Å². The van der Waals surface area contributed by atoms with E-state index in [-0.39, 0.29) is 11.3 Å². The molecule has 8 heteroatoms. The molecule has 0 saturated heterocycles. The summed E-state index contributed by atoms with van der Waals surface area (Å²) in [6.07, 6.45) is -9.78. The molecule has 0 atom stereocenters. The van der Waals surface area contributed by atoms with E-state index in [2.05, 4.69) is 4.74 Å². The minimum Gasteiger partial charge on any atom is -0.405 e. The minimum atomic E-state index is -5.01. The molecule has 118 valence electrons. The number of alkyl halides is 6. The third kappa shape index (κ3) is 3.63. The van der Waals surface area contributed by atoms with E-state index < -0.39 is 29.4 Å². The van der Waals surface area contributed by atoms with Gasteiger partial charge in [-0.15, -0.1) is 13.2 Å². The van der Waals surface area contributed by atoms with Crippen molar-refractivity contribution in [2.75, 3.05) is 5.73 Å². The molecule has 0 fully saturated rings. The second-order valence-corrected chi connectivity index (χ2v) is 4.35. The zero-order valence-corrected chi connectivity index (χ0v) is 10.8. The fraction of sp³-hybridized carbons (Fsp3) is 0.143. The van der Waals surface area contributed by atoms with Crippen molar-refractivity contribution in [3.63, 3.8) is 0 Å². The first-order valence-electron chi connectivity index (χ1n) is 5.90. The molecule has 2 rings (SSSR count). The van der Waals surface area contributed by atoms with Crippen molar-refractivity contribution in [2.45, 2.75) is 12.5 Å². The standard InChI is InChI=1S/C14H9F6NO/c15-13(16,17)11-7-8(21)5-6-9(11)10-3-1-2-4-12(10)22-14(18,19)20/h1-7H,21H2. The molecule has 0 saturated carbocycles. The maximum atomic E-state index is 13.1. The lowest BCUT2D eigenvalue weighted by Gasteiger charge is -2.17. The minimum absolute atomic E-state index is 0.148. The van der Waals surface area contributed by atoms with Gasteiger partial charge < -0.3 is 10.5 Å². The van der Waals surface area contributed by atoms with Crippen LogP contribution >= 0.6 is 0 Å². The van der Waals surface area contributed by atoms with Crippen LogP contribution in [0.3, 0.4) is 0 Å². The number of benzene rings is 2. The van der Waals surface area contributed by atoms with Gasteiger partial charge in [0.05, 0.1) is 5.56 Å². The first kappa shape index (κ1) is 16.0. The summed E-state index contributed by atoms with van der Waals surface area (Å²) in [6, 6.07) is 7.46. The van der Waals surface area contributed by atoms with Gasteiger partial charge in [-0.25, -0.2) is 0 Å². The third-order valence-electron chi connectivity index (χ3n) is 2.75. The van der Waals surface area contributed by atoms with Crippen molar-refractivity contribution < 1.29 is 31.1 Å². The number of nitrogen functional groups attached to an aromatic ring is 1. The summed E-state index contributed by atoms with van der Waals surface area (Å²) in [5.74, 6) is -0.717. The monoisotopic (exact) mass is 321 g/mol. The molecule has 0 aliphatic carbocycles. The normalized spacial score (nSPS) is 12.3. The number of halogens is 6. The summed E-state index contributed by atoms with van der Waals surface area (Å²) >= 11 is 0. The molecule has 0 radical (unpaired) electrons. The molecule has 0 aromatic heterocycles. The molecule has 0 amide bonds. The highest BCUT2D eigenvalue weighted by molar-refractivity contribution is 5.75. The Morgan fingerprint density at radius 2 is 1.45 bits per heavy atom. The number of ether oxygens (including phenoxy) is 1. The molecular formula is C14H9F6NO. The molecule has 2 aromatic carbocycles. The molecule has 0 heterocycles. The number of rotatable bonds is 2. The van der Waals surface area contributed by atoms with E-state index in [1.54, 1.807) is 0 Å². The predicted molar refractivity (Wildman–Crippen MR) is 68.0 cm³/mol. The average molecular weight is 321 g/mol. The van der Waals surface area contributed by atoms with Gasteiger partial charge >= 0.3 is 12.5 Å². The molecule has 0 aliphatic rings. The van der Waals surface area contributed by atoms with Gasteiger partial charge in [-0.2, -0.15) is 13.2 Å². The Morgan fingerprint density at radius 1 is 0.818 bits per heavy atom. The average Bonchev–Trinajstić information content (AvgIpc) is 2.37. The van der Waals surface area contributed by atoms with Crippen LogP contribution in [0, 0.1) is 0 Å². The lowest BCUT2D eigenvalue weighted by atomic mass is 9.98. The van der Waals surface area contributed by atoms with E-state index in [4.69, 9.17) is 5.73 Å². The van der Waals surface area contributed by atoms with Gasteiger partial charge in [0.25, 0.3) is 0 Å². The number of hydrogen-bond donors (Lipinski definition) is 1. The fourth-order valence-electron chi connectivity index (χ4n) is 1.93. The number of hydrogen-bond acceptors (Lipinski definition) is 2. The molecular weight excluding hydrogens is 312 g/mol. The van der Waals surface area contributed by atoms with Gasteiger partial charge in [-0.05, 0) is 23.8 Å². The van der Waals surface area contributed by atoms with Crippen molar-refractivity contribution >= 4 is 5.69 Å². The van der Waals surface area contributed by atoms with Crippen molar-refractivity contribution in [3.8, 4) is 16.9 Å². The van der Waals surface area contributed by atoms with Crippen LogP contribution in [-0.4, -0.2) is 6.36 Å². The summed E-state index contributed by atoms with van der Waals surface area (Å²) in [4.78, 5) is 0. The maximum Gasteiger partial charge on any atom is 0.573 e. The van der Waals surface area contributed by atoms with Gasteiger partial charge in [-0.3, -0.25) is 0 Å². The van der Waals surface area contributed by atoms with E-state index >= 15 is 0 Å². The number of nitrogens with two attached hydrogens (primary N) is 1. The van der Waals surface area contributed by atoms with E-state index in [9.17, 15) is 26.3 Å². The van der Waals surface area contributed by atoms with Crippen LogP contribution in [0.4, 0.5) is 32.0 Å². The lowest BCUT2D eigenvalue weighted by molar-refractivity contribution is -0.274. The summed E-state index contributed by atoms with van der Waals surface area (Å²) < 4.78 is 80.1. The third-order valence-corrected chi connectivity index (χ3v) is 2.75. The summed E-state index contributed by atoms with van der Waals surface area (Å²) in [5.41, 5.74) is 3.28. The quantitative estimate of drug-likeness (QED) is 0.634. The number of para-hydroxylation sites is 1. The van der Waals surface area contributed by atoms with Crippen molar-refractivity contribution in [3.05, 3.63) is 48.0 Å². The molecule has 0 spiro atoms. The highest BCUT2D eigenvalue weighted by atomic mass is 19.4. The second kappa shape index (κ2) is 5.43. The summed E-state index contributed by atoms with van der Waals surface area (Å²) in [7, 11) is 0. The Balaban J connectivity index is 2.63. The van der Waals surface area contributed by atoms with Gasteiger partial charge in [0, 0.05) is 11.3 Å². The molecule has 2 aromatic rings. The lowest BCUT2D eigenvalue weighted by Crippen LogP contribution is -2.18. The van der Waals surface area contributed by atoms with Gasteiger partial charge in [0.1, 0.15) is 5.75 Å². The summed E-state index contributed by atoms with van der Waals surface area (Å²) in [5, 5.41) is 0. The van der Waals surface area contributed by atoms with Gasteiger partial charge in [-0.1, -0.05) is 24.3 Å². The predicted octanol–water partition coefficient (Wildman–Crippen LogP) is 4.85. The topological polar surface area (TPSA) is 35.2 Å². The largest absolute Gasteiger partial charge is 0.573 e. The highest BCUT2D eigenvalue weighted by Crippen LogP contribution is 2.42. The Kier molecular flexibility index (Phi) is 3.95. The maximum absolute atomic E-state index is 13.1. The molecule has 0 bridgehead atoms. The first-order valence-corrected chi connectivity index (χ1v) is 5.90. The van der Waals surface area contributed by atoms with Crippen LogP contribution in [0.1, 0.15) is 5.56 Å². The highest BCUT2D eigenvalue weighted by Gasteiger charge is 2.36. The van der Waals surface area contributed by atoms with Crippen LogP contribution in [0.25, 0.3) is 11.1 Å². The van der Waals surface area contributed by atoms with E-state index in [0.29, 0.717) is 6.07 Å². The fourth-order valence-corrected chi connectivity index (χ4v) is 1.93. The van der Waals surface area contributed by atoms with E-state index in [1.165, 1.54) is 18.2 Å². The second-order valence-electron chi connectivity index (χ2n) is 4.35. The molecule has 2 nitrogen and oxygen atoms in total. The molecule has 2 N–H and O–H groups in total. The Hall–Kier alpha value is -2.38.